The highest BCUT2D eigenvalue weighted by molar-refractivity contribution is 7.57. The number of fused-ring (bicyclic) bond motifs is 4. The first-order chi connectivity index (χ1) is 35.6. The molecule has 75 heavy (non-hydrogen) atoms. The lowest BCUT2D eigenvalue weighted by Gasteiger charge is -2.50. The van der Waals surface area contributed by atoms with Gasteiger partial charge in [-0.15, -0.1) is 0 Å². The number of ketones is 3. The van der Waals surface area contributed by atoms with Crippen molar-refractivity contribution in [3.63, 3.8) is 0 Å². The molecule has 0 spiro atoms. The lowest BCUT2D eigenvalue weighted by molar-refractivity contribution is -0.266. The third-order valence-electron chi connectivity index (χ3n) is 16.6. The molecule has 1 saturated carbocycles. The number of carbonyl (C=O) groups is 5. The van der Waals surface area contributed by atoms with Gasteiger partial charge in [-0.3, -0.25) is 23.7 Å². The third kappa shape index (κ3) is 15.8. The molecular weight excluding hydrogens is 986 g/mol. The summed E-state index contributed by atoms with van der Waals surface area (Å²) in [6.45, 7) is 16.1. The number of allylic oxidation sites excluding steroid dienone is 6. The fourth-order valence-corrected chi connectivity index (χ4v) is 13.2. The van der Waals surface area contributed by atoms with E-state index in [1.165, 1.54) is 19.1 Å². The van der Waals surface area contributed by atoms with E-state index in [2.05, 4.69) is 0 Å². The smallest absolute Gasteiger partial charge is 0.329 e. The molecule has 6 rings (SSSR count). The van der Waals surface area contributed by atoms with E-state index in [0.717, 1.165) is 5.57 Å². The zero-order valence-electron chi connectivity index (χ0n) is 46.5. The topological polar surface area (TPSA) is 209 Å². The molecule has 17 nitrogen and oxygen atoms in total. The average molecular weight is 1070 g/mol. The minimum absolute atomic E-state index is 0.0177. The van der Waals surface area contributed by atoms with Gasteiger partial charge in [0, 0.05) is 77.7 Å². The average Bonchev–Trinajstić information content (AvgIpc) is 3.35. The van der Waals surface area contributed by atoms with E-state index in [4.69, 9.17) is 42.4 Å². The van der Waals surface area contributed by atoms with E-state index in [0.29, 0.717) is 83.2 Å². The largest absolute Gasteiger partial charge is 0.460 e. The van der Waals surface area contributed by atoms with Gasteiger partial charge in [-0.05, 0) is 101 Å². The van der Waals surface area contributed by atoms with Gasteiger partial charge in [0.05, 0.1) is 50.8 Å². The molecule has 5 heterocycles. The second-order valence-electron chi connectivity index (χ2n) is 22.7. The second kappa shape index (κ2) is 27.6. The van der Waals surface area contributed by atoms with Gasteiger partial charge in [-0.25, -0.2) is 4.79 Å². The fraction of sp³-hybridized carbons (Fsp3) is 0.772. The van der Waals surface area contributed by atoms with Crippen LogP contribution < -0.4 is 0 Å². The maximum Gasteiger partial charge on any atom is 0.329 e. The van der Waals surface area contributed by atoms with E-state index in [9.17, 15) is 33.6 Å². The van der Waals surface area contributed by atoms with Crippen molar-refractivity contribution in [2.75, 3.05) is 67.6 Å². The van der Waals surface area contributed by atoms with Crippen LogP contribution in [-0.2, 0) is 71.0 Å². The van der Waals surface area contributed by atoms with Gasteiger partial charge < -0.3 is 52.4 Å². The Labute approximate surface area is 445 Å². The number of piperidine rings is 1. The van der Waals surface area contributed by atoms with E-state index in [1.54, 1.807) is 40.4 Å². The van der Waals surface area contributed by atoms with Crippen LogP contribution in [0.4, 0.5) is 0 Å². The van der Waals surface area contributed by atoms with Crippen LogP contribution in [0.2, 0.25) is 0 Å². The summed E-state index contributed by atoms with van der Waals surface area (Å²) < 4.78 is 66.6. The molecule has 18 heteroatoms. The summed E-state index contributed by atoms with van der Waals surface area (Å²) >= 11 is 0. The molecular formula is C57H88NO16P. The zero-order chi connectivity index (χ0) is 54.8. The highest BCUT2D eigenvalue weighted by Crippen LogP contribution is 2.48. The maximum absolute atomic E-state index is 14.8. The van der Waals surface area contributed by atoms with Gasteiger partial charge in [0.15, 0.2) is 13.2 Å². The Morgan fingerprint density at radius 3 is 2.20 bits per heavy atom. The molecule has 0 aromatic heterocycles. The second-order valence-corrected chi connectivity index (χ2v) is 25.4. The van der Waals surface area contributed by atoms with Crippen LogP contribution in [0.3, 0.4) is 0 Å². The van der Waals surface area contributed by atoms with Gasteiger partial charge in [0.1, 0.15) is 36.2 Å². The number of esters is 1. The molecule has 5 fully saturated rings. The molecule has 4 bridgehead atoms. The summed E-state index contributed by atoms with van der Waals surface area (Å²) in [5, 5.41) is 12.3. The lowest BCUT2D eigenvalue weighted by Crippen LogP contribution is -2.65. The minimum Gasteiger partial charge on any atom is -0.460 e. The molecule has 1 N–H and O–H groups in total. The van der Waals surface area contributed by atoms with Crippen molar-refractivity contribution in [3.05, 3.63) is 47.6 Å². The number of rotatable bonds is 12. The van der Waals surface area contributed by atoms with Crippen molar-refractivity contribution < 1.29 is 76.1 Å². The summed E-state index contributed by atoms with van der Waals surface area (Å²) in [4.78, 5) is 73.7. The normalized spacial score (nSPS) is 40.0. The number of Topliss-reactive ketones (excluding diaryl/α,β-unsaturated/α-hetero) is 3. The van der Waals surface area contributed by atoms with E-state index in [1.807, 2.05) is 58.1 Å². The highest BCUT2D eigenvalue weighted by Gasteiger charge is 2.57. The van der Waals surface area contributed by atoms with Crippen LogP contribution in [0, 0.1) is 41.4 Å². The Hall–Kier alpha value is -3.22. The van der Waals surface area contributed by atoms with E-state index < -0.39 is 91.0 Å². The molecule has 4 saturated heterocycles. The maximum atomic E-state index is 14.8. The van der Waals surface area contributed by atoms with E-state index in [-0.39, 0.29) is 73.6 Å². The first-order valence-electron chi connectivity index (χ1n) is 27.4. The minimum atomic E-state index is -2.83. The standard InChI is InChI=1S/C57H88NO16P/c1-34-16-13-12-14-17-35(2)47(71-25-24-70-42-32-69-33-42)30-41-21-19-39(6)57(64,73-41)54(61)55(62)58-23-15-18-43-44(28-40-20-22-46(49(29-40)66-7)74-75(10,11)65)48(72-56(63)50(43)58)31-45(59)36(3)27-38(5)52(67-8)53(68-9)51(60)37(4)26-34/h12-14,16-17,27,34,36-37,39-44,46-50,52-53,64H,15,18-26,28-33H2,1-11H3/b14-12+,16-13+,35-17+,38-27+/t34-,36-,37-,39-,40+,41+,43-,44?,46-,47?,48+,49-,50?,52-,53+,57-/m1/s1. The van der Waals surface area contributed by atoms with Crippen molar-refractivity contribution in [1.82, 2.24) is 4.90 Å². The Kier molecular flexibility index (Phi) is 22.4. The number of nitrogens with zero attached hydrogens (tertiary/aromatic N) is 1. The van der Waals surface area contributed by atoms with Crippen molar-refractivity contribution in [1.29, 1.82) is 0 Å². The highest BCUT2D eigenvalue weighted by atomic mass is 31.2. The summed E-state index contributed by atoms with van der Waals surface area (Å²) in [5.41, 5.74) is 1.51. The van der Waals surface area contributed by atoms with Crippen LogP contribution in [-0.4, -0.2) is 168 Å². The summed E-state index contributed by atoms with van der Waals surface area (Å²) in [6, 6.07) is -1.15. The predicted molar refractivity (Wildman–Crippen MR) is 281 cm³/mol. The monoisotopic (exact) mass is 1070 g/mol. The lowest BCUT2D eigenvalue weighted by atomic mass is 9.68. The molecule has 422 valence electrons. The van der Waals surface area contributed by atoms with Crippen LogP contribution in [0.15, 0.2) is 47.6 Å². The van der Waals surface area contributed by atoms with Gasteiger partial charge in [-0.1, -0.05) is 64.2 Å². The first-order valence-corrected chi connectivity index (χ1v) is 30.0. The van der Waals surface area contributed by atoms with Crippen LogP contribution in [0.25, 0.3) is 0 Å². The first kappa shape index (κ1) is 61.0. The molecule has 6 aliphatic rings. The van der Waals surface area contributed by atoms with Gasteiger partial charge in [0.2, 0.25) is 5.79 Å². The number of carbonyl (C=O) groups excluding carboxylic acids is 5. The Bertz CT molecular complexity index is 2150. The van der Waals surface area contributed by atoms with Gasteiger partial charge in [-0.2, -0.15) is 0 Å². The Morgan fingerprint density at radius 2 is 1.53 bits per heavy atom. The van der Waals surface area contributed by atoms with Gasteiger partial charge in [0.25, 0.3) is 11.7 Å². The number of hydrogen-bond acceptors (Lipinski definition) is 16. The molecule has 1 aliphatic carbocycles. The number of methoxy groups -OCH3 is 3. The van der Waals surface area contributed by atoms with Crippen molar-refractivity contribution in [2.45, 2.75) is 173 Å². The Morgan fingerprint density at radius 1 is 0.813 bits per heavy atom. The van der Waals surface area contributed by atoms with Crippen molar-refractivity contribution in [3.8, 4) is 0 Å². The predicted octanol–water partition coefficient (Wildman–Crippen LogP) is 7.40. The summed E-state index contributed by atoms with van der Waals surface area (Å²) in [5.74, 6) is -8.30. The molecule has 0 aromatic rings. The van der Waals surface area contributed by atoms with E-state index >= 15 is 0 Å². The zero-order valence-corrected chi connectivity index (χ0v) is 47.4. The van der Waals surface area contributed by atoms with Crippen molar-refractivity contribution >= 4 is 36.6 Å². The number of ether oxygens (including phenoxy) is 8. The molecule has 3 unspecified atom stereocenters. The Balaban J connectivity index is 1.34. The molecule has 5 aliphatic heterocycles. The van der Waals surface area contributed by atoms with Gasteiger partial charge >= 0.3 is 5.97 Å². The molecule has 16 atom stereocenters. The molecule has 0 radical (unpaired) electrons. The van der Waals surface area contributed by atoms with Crippen LogP contribution in [0.1, 0.15) is 112 Å². The van der Waals surface area contributed by atoms with Crippen LogP contribution >= 0.6 is 7.37 Å². The van der Waals surface area contributed by atoms with Crippen LogP contribution in [0.5, 0.6) is 0 Å². The number of amides is 1. The summed E-state index contributed by atoms with van der Waals surface area (Å²) in [6.07, 6.45) is 12.0. The number of aliphatic hydroxyl groups is 1. The molecule has 1 amide bonds. The SMILES string of the molecule is CO[C@@H]1/C(C)=C/[C@@H](C)C(=O)C[C@@H]2OC(=O)C3[C@H](CCCN3C(=O)C(=O)[C@]3(O)O[C@@H](CC[C@H]3C)CC(OCCOC3COC3)/C(C)=C/C=C/C=C/[C@@H](C)C[C@@H](C)C(=O)[C@@H]1OC)C2C[C@@H]1CC[C@@H](OP(C)(C)=O)[C@H](OC)C1. The molecule has 0 aromatic carbocycles. The van der Waals surface area contributed by atoms with Crippen molar-refractivity contribution in [2.24, 2.45) is 41.4 Å². The third-order valence-corrected chi connectivity index (χ3v) is 17.4. The quantitative estimate of drug-likeness (QED) is 0.0664. The number of hydrogen-bond donors (Lipinski definition) is 1. The fourth-order valence-electron chi connectivity index (χ4n) is 12.3. The summed E-state index contributed by atoms with van der Waals surface area (Å²) in [7, 11) is 1.76.